The van der Waals surface area contributed by atoms with Gasteiger partial charge in [0.2, 0.25) is 0 Å². The van der Waals surface area contributed by atoms with E-state index in [1.54, 1.807) is 0 Å². The zero-order valence-electron chi connectivity index (χ0n) is 13.6. The average molecular weight is 314 g/mol. The van der Waals surface area contributed by atoms with Crippen molar-refractivity contribution in [3.63, 3.8) is 0 Å². The summed E-state index contributed by atoms with van der Waals surface area (Å²) < 4.78 is 0. The van der Waals surface area contributed by atoms with Gasteiger partial charge in [0, 0.05) is 12.2 Å². The van der Waals surface area contributed by atoms with Crippen molar-refractivity contribution in [2.24, 2.45) is 0 Å². The smallest absolute Gasteiger partial charge is 0.331 e. The highest BCUT2D eigenvalue weighted by Gasteiger charge is 2.07. The van der Waals surface area contributed by atoms with Crippen LogP contribution in [0.2, 0.25) is 0 Å². The zero-order valence-corrected chi connectivity index (χ0v) is 13.6. The van der Waals surface area contributed by atoms with Crippen molar-refractivity contribution in [3.8, 4) is 0 Å². The number of aliphatic hydroxyl groups excluding tert-OH is 1. The molecule has 5 nitrogen and oxygen atoms in total. The van der Waals surface area contributed by atoms with Crippen LogP contribution in [-0.4, -0.2) is 33.9 Å². The van der Waals surface area contributed by atoms with E-state index in [0.717, 1.165) is 6.42 Å². The molecule has 0 aromatic rings. The van der Waals surface area contributed by atoms with Crippen molar-refractivity contribution >= 4 is 11.9 Å². The summed E-state index contributed by atoms with van der Waals surface area (Å²) in [5.41, 5.74) is -0.303. The van der Waals surface area contributed by atoms with Crippen molar-refractivity contribution < 1.29 is 24.9 Å². The van der Waals surface area contributed by atoms with Gasteiger partial charge in [0.1, 0.15) is 0 Å². The van der Waals surface area contributed by atoms with E-state index in [2.05, 4.69) is 25.7 Å². The van der Waals surface area contributed by atoms with E-state index in [0.29, 0.717) is 6.61 Å². The summed E-state index contributed by atoms with van der Waals surface area (Å²) in [6.07, 6.45) is 13.9. The molecule has 0 aromatic carbocycles. The third-order valence-electron chi connectivity index (χ3n) is 2.84. The van der Waals surface area contributed by atoms with Crippen LogP contribution in [0.1, 0.15) is 64.7 Å². The number of unbranched alkanes of at least 4 members (excludes halogenated alkanes) is 6. The number of rotatable bonds is 12. The van der Waals surface area contributed by atoms with Crippen molar-refractivity contribution in [1.29, 1.82) is 0 Å². The highest BCUT2D eigenvalue weighted by molar-refractivity contribution is 5.91. The molecule has 0 aliphatic heterocycles. The molecule has 0 amide bonds. The fraction of sp³-hybridized carbons (Fsp3) is 0.647. The molecule has 0 bridgehead atoms. The fourth-order valence-electron chi connectivity index (χ4n) is 1.54. The highest BCUT2D eigenvalue weighted by atomic mass is 16.4. The quantitative estimate of drug-likeness (QED) is 0.289. The van der Waals surface area contributed by atoms with E-state index in [1.165, 1.54) is 44.9 Å². The van der Waals surface area contributed by atoms with Gasteiger partial charge in [-0.1, -0.05) is 51.3 Å². The molecule has 0 saturated carbocycles. The molecule has 3 N–H and O–H groups in total. The van der Waals surface area contributed by atoms with Crippen LogP contribution >= 0.6 is 0 Å². The van der Waals surface area contributed by atoms with Gasteiger partial charge in [-0.05, 0) is 25.7 Å². The summed E-state index contributed by atoms with van der Waals surface area (Å²) in [4.78, 5) is 19.7. The molecule has 0 saturated heterocycles. The van der Waals surface area contributed by atoms with Crippen molar-refractivity contribution in [1.82, 2.24) is 0 Å². The normalized spacial score (nSPS) is 10.1. The molecule has 128 valence electrons. The van der Waals surface area contributed by atoms with Gasteiger partial charge in [0.15, 0.2) is 0 Å². The van der Waals surface area contributed by atoms with E-state index >= 15 is 0 Å². The Hall–Kier alpha value is -1.62. The molecule has 0 aliphatic carbocycles. The molecule has 0 atom stereocenters. The Kier molecular flexibility index (Phi) is 18.0. The highest BCUT2D eigenvalue weighted by Crippen LogP contribution is 2.04. The Morgan fingerprint density at radius 3 is 1.91 bits per heavy atom. The molecule has 0 rings (SSSR count). The topological polar surface area (TPSA) is 94.8 Å². The average Bonchev–Trinajstić information content (AvgIpc) is 2.45. The lowest BCUT2D eigenvalue weighted by Gasteiger charge is -1.95. The minimum atomic E-state index is -1.27. The molecule has 0 heterocycles. The Bertz CT molecular complexity index is 334. The number of allylic oxidation sites excluding steroid dienone is 2. The maximum absolute atomic E-state index is 9.87. The molecule has 0 spiro atoms. The Labute approximate surface area is 133 Å². The van der Waals surface area contributed by atoms with Crippen molar-refractivity contribution in [2.75, 3.05) is 6.61 Å². The lowest BCUT2D eigenvalue weighted by molar-refractivity contribution is -0.139. The third-order valence-corrected chi connectivity index (χ3v) is 2.84. The van der Waals surface area contributed by atoms with E-state index in [9.17, 15) is 9.59 Å². The number of hydrogen-bond donors (Lipinski definition) is 3. The van der Waals surface area contributed by atoms with Crippen LogP contribution < -0.4 is 0 Å². The molecule has 0 radical (unpaired) electrons. The molecule has 0 fully saturated rings. The largest absolute Gasteiger partial charge is 0.481 e. The van der Waals surface area contributed by atoms with Gasteiger partial charge in [0.05, 0.1) is 6.42 Å². The van der Waals surface area contributed by atoms with Crippen LogP contribution in [-0.2, 0) is 9.59 Å². The second-order valence-electron chi connectivity index (χ2n) is 5.02. The number of hydrogen-bond acceptors (Lipinski definition) is 3. The van der Waals surface area contributed by atoms with Gasteiger partial charge in [-0.2, -0.15) is 0 Å². The van der Waals surface area contributed by atoms with Crippen LogP contribution in [0.4, 0.5) is 0 Å². The first-order valence-electron chi connectivity index (χ1n) is 7.84. The summed E-state index contributed by atoms with van der Waals surface area (Å²) >= 11 is 0. The molecule has 0 aliphatic rings. The Morgan fingerprint density at radius 1 is 0.955 bits per heavy atom. The van der Waals surface area contributed by atoms with E-state index in [-0.39, 0.29) is 5.57 Å². The van der Waals surface area contributed by atoms with Crippen LogP contribution in [0.15, 0.2) is 24.3 Å². The number of carbonyl (C=O) groups is 2. The summed E-state index contributed by atoms with van der Waals surface area (Å²) in [6, 6.07) is 0. The standard InChI is InChI=1S/C12H24O.C5H6O4/c1-2-3-4-5-6-7-8-9-10-11-12-13;1-3(5(8)9)2-4(6)7/h5-6,13H,2-4,7-12H2,1H3;1-2H2,(H,6,7)(H,8,9). The van der Waals surface area contributed by atoms with Gasteiger partial charge in [-0.25, -0.2) is 4.79 Å². The first kappa shape index (κ1) is 22.7. The van der Waals surface area contributed by atoms with Crippen LogP contribution in [0, 0.1) is 0 Å². The Balaban J connectivity index is 0. The van der Waals surface area contributed by atoms with E-state index in [1.807, 2.05) is 0 Å². The lowest BCUT2D eigenvalue weighted by Crippen LogP contribution is -2.04. The number of aliphatic carboxylic acids is 2. The van der Waals surface area contributed by atoms with Gasteiger partial charge < -0.3 is 15.3 Å². The van der Waals surface area contributed by atoms with Crippen LogP contribution in [0.3, 0.4) is 0 Å². The maximum Gasteiger partial charge on any atom is 0.331 e. The first-order chi connectivity index (χ1) is 10.5. The molecular weight excluding hydrogens is 284 g/mol. The SMILES string of the molecule is C=C(CC(=O)O)C(=O)O.CCCCC=CCCCCCCO. The molecule has 0 unspecified atom stereocenters. The van der Waals surface area contributed by atoms with Gasteiger partial charge >= 0.3 is 11.9 Å². The predicted molar refractivity (Wildman–Crippen MR) is 87.9 cm³/mol. The molecule has 5 heteroatoms. The summed E-state index contributed by atoms with van der Waals surface area (Å²) in [5.74, 6) is -2.44. The summed E-state index contributed by atoms with van der Waals surface area (Å²) in [5, 5.41) is 24.6. The maximum atomic E-state index is 9.87. The van der Waals surface area contributed by atoms with E-state index in [4.69, 9.17) is 15.3 Å². The Morgan fingerprint density at radius 2 is 1.50 bits per heavy atom. The predicted octanol–water partition coefficient (Wildman–Crippen LogP) is 3.78. The summed E-state index contributed by atoms with van der Waals surface area (Å²) in [7, 11) is 0. The third kappa shape index (κ3) is 20.7. The van der Waals surface area contributed by atoms with Crippen molar-refractivity contribution in [3.05, 3.63) is 24.3 Å². The van der Waals surface area contributed by atoms with Crippen LogP contribution in [0.25, 0.3) is 0 Å². The first-order valence-corrected chi connectivity index (χ1v) is 7.84. The number of carboxylic acids is 2. The zero-order chi connectivity index (χ0) is 17.2. The number of aliphatic hydroxyl groups is 1. The van der Waals surface area contributed by atoms with Gasteiger partial charge in [-0.3, -0.25) is 4.79 Å². The fourth-order valence-corrected chi connectivity index (χ4v) is 1.54. The lowest BCUT2D eigenvalue weighted by atomic mass is 10.1. The second-order valence-corrected chi connectivity index (χ2v) is 5.02. The molecular formula is C17H30O5. The minimum absolute atomic E-state index is 0.303. The second kappa shape index (κ2) is 17.4. The summed E-state index contributed by atoms with van der Waals surface area (Å²) in [6.45, 7) is 5.59. The van der Waals surface area contributed by atoms with Crippen molar-refractivity contribution in [2.45, 2.75) is 64.7 Å². The monoisotopic (exact) mass is 314 g/mol. The number of carboxylic acid groups (broad SMARTS) is 2. The van der Waals surface area contributed by atoms with Crippen LogP contribution in [0.5, 0.6) is 0 Å². The molecule has 0 aromatic heterocycles. The minimum Gasteiger partial charge on any atom is -0.481 e. The van der Waals surface area contributed by atoms with Gasteiger partial charge in [-0.15, -0.1) is 0 Å². The molecule has 22 heavy (non-hydrogen) atoms. The van der Waals surface area contributed by atoms with E-state index < -0.39 is 18.4 Å². The van der Waals surface area contributed by atoms with Gasteiger partial charge in [0.25, 0.3) is 0 Å².